The number of hydrogen-bond donors (Lipinski definition) is 0. The molecule has 0 radical (unpaired) electrons. The molecule has 0 aliphatic heterocycles. The molecular formula is C17H29ClO7. The lowest BCUT2D eigenvalue weighted by Gasteiger charge is -2.25. The standard InChI is InChI=1S/C17H29ClO7/c1-8-22-15(21)25-12(18)11(9-23-13(19)16(2,3)4)10-24-14(20)17(5,6)7/h11-12H,8-10H2,1-7H3. The van der Waals surface area contributed by atoms with Crippen LogP contribution in [0.5, 0.6) is 0 Å². The van der Waals surface area contributed by atoms with Crippen molar-refractivity contribution in [3.63, 3.8) is 0 Å². The molecule has 1 atom stereocenters. The third kappa shape index (κ3) is 9.53. The zero-order valence-electron chi connectivity index (χ0n) is 16.0. The van der Waals surface area contributed by atoms with Crippen molar-refractivity contribution in [2.75, 3.05) is 19.8 Å². The van der Waals surface area contributed by atoms with Gasteiger partial charge >= 0.3 is 18.1 Å². The highest BCUT2D eigenvalue weighted by atomic mass is 35.5. The average molecular weight is 381 g/mol. The molecule has 25 heavy (non-hydrogen) atoms. The molecule has 0 bridgehead atoms. The summed E-state index contributed by atoms with van der Waals surface area (Å²) in [6, 6.07) is 0. The molecule has 0 aromatic carbocycles. The van der Waals surface area contributed by atoms with Gasteiger partial charge in [-0.25, -0.2) is 4.79 Å². The molecule has 7 nitrogen and oxygen atoms in total. The van der Waals surface area contributed by atoms with Crippen molar-refractivity contribution >= 4 is 29.7 Å². The first-order chi connectivity index (χ1) is 11.3. The highest BCUT2D eigenvalue weighted by Gasteiger charge is 2.31. The number of esters is 2. The number of hydrogen-bond acceptors (Lipinski definition) is 7. The minimum Gasteiger partial charge on any atom is -0.465 e. The smallest absolute Gasteiger partial charge is 0.465 e. The first kappa shape index (κ1) is 23.5. The van der Waals surface area contributed by atoms with Gasteiger partial charge in [-0.15, -0.1) is 0 Å². The Bertz CT molecular complexity index is 433. The van der Waals surface area contributed by atoms with Crippen LogP contribution in [0, 0.1) is 16.7 Å². The van der Waals surface area contributed by atoms with Crippen LogP contribution in [0.1, 0.15) is 48.5 Å². The monoisotopic (exact) mass is 380 g/mol. The highest BCUT2D eigenvalue weighted by Crippen LogP contribution is 2.21. The molecule has 0 spiro atoms. The predicted molar refractivity (Wildman–Crippen MR) is 92.1 cm³/mol. The minimum absolute atomic E-state index is 0.130. The fraction of sp³-hybridized carbons (Fsp3) is 0.824. The normalized spacial score (nSPS) is 13.2. The molecular weight excluding hydrogens is 352 g/mol. The summed E-state index contributed by atoms with van der Waals surface area (Å²) in [5.41, 5.74) is -2.58. The Hall–Kier alpha value is -1.50. The van der Waals surface area contributed by atoms with E-state index < -0.39 is 40.4 Å². The lowest BCUT2D eigenvalue weighted by atomic mass is 9.97. The lowest BCUT2D eigenvalue weighted by molar-refractivity contribution is -0.160. The second-order valence-corrected chi connectivity index (χ2v) is 8.04. The van der Waals surface area contributed by atoms with E-state index in [-0.39, 0.29) is 19.8 Å². The second kappa shape index (κ2) is 9.85. The van der Waals surface area contributed by atoms with Gasteiger partial charge in [-0.05, 0) is 48.5 Å². The van der Waals surface area contributed by atoms with Crippen molar-refractivity contribution in [2.45, 2.75) is 54.0 Å². The van der Waals surface area contributed by atoms with Gasteiger partial charge in [0.1, 0.15) is 13.2 Å². The van der Waals surface area contributed by atoms with E-state index in [0.717, 1.165) is 0 Å². The van der Waals surface area contributed by atoms with Crippen LogP contribution in [0.2, 0.25) is 0 Å². The quantitative estimate of drug-likeness (QED) is 0.379. The molecule has 146 valence electrons. The zero-order valence-corrected chi connectivity index (χ0v) is 16.8. The number of halogens is 1. The summed E-state index contributed by atoms with van der Waals surface area (Å²) in [6.07, 6.45) is -0.947. The van der Waals surface area contributed by atoms with Crippen LogP contribution in [0.3, 0.4) is 0 Å². The Morgan fingerprint density at radius 3 is 1.56 bits per heavy atom. The van der Waals surface area contributed by atoms with E-state index in [4.69, 9.17) is 25.8 Å². The van der Waals surface area contributed by atoms with Crippen molar-refractivity contribution in [3.05, 3.63) is 0 Å². The highest BCUT2D eigenvalue weighted by molar-refractivity contribution is 6.20. The third-order valence-corrected chi connectivity index (χ3v) is 3.37. The van der Waals surface area contributed by atoms with Gasteiger partial charge in [0.15, 0.2) is 5.56 Å². The van der Waals surface area contributed by atoms with E-state index in [0.29, 0.717) is 0 Å². The summed E-state index contributed by atoms with van der Waals surface area (Å²) >= 11 is 6.07. The fourth-order valence-corrected chi connectivity index (χ4v) is 1.56. The summed E-state index contributed by atoms with van der Waals surface area (Å²) in [4.78, 5) is 35.2. The van der Waals surface area contributed by atoms with Crippen LogP contribution in [-0.2, 0) is 28.5 Å². The zero-order chi connectivity index (χ0) is 19.8. The van der Waals surface area contributed by atoms with Gasteiger partial charge in [0, 0.05) is 0 Å². The molecule has 0 saturated carbocycles. The van der Waals surface area contributed by atoms with Crippen LogP contribution < -0.4 is 0 Å². The Morgan fingerprint density at radius 1 is 0.840 bits per heavy atom. The summed E-state index contributed by atoms with van der Waals surface area (Å²) in [6.45, 7) is 11.7. The van der Waals surface area contributed by atoms with Crippen LogP contribution in [0.15, 0.2) is 0 Å². The van der Waals surface area contributed by atoms with E-state index in [9.17, 15) is 14.4 Å². The Kier molecular flexibility index (Phi) is 9.26. The summed E-state index contributed by atoms with van der Waals surface area (Å²) in [5.74, 6) is -1.62. The van der Waals surface area contributed by atoms with Gasteiger partial charge in [-0.2, -0.15) is 0 Å². The fourth-order valence-electron chi connectivity index (χ4n) is 1.34. The summed E-state index contributed by atoms with van der Waals surface area (Å²) in [7, 11) is 0. The molecule has 0 fully saturated rings. The topological polar surface area (TPSA) is 88.1 Å². The van der Waals surface area contributed by atoms with Crippen LogP contribution >= 0.6 is 11.6 Å². The number of rotatable bonds is 7. The van der Waals surface area contributed by atoms with Crippen molar-refractivity contribution in [2.24, 2.45) is 16.7 Å². The third-order valence-electron chi connectivity index (χ3n) is 2.92. The van der Waals surface area contributed by atoms with Crippen molar-refractivity contribution in [3.8, 4) is 0 Å². The first-order valence-electron chi connectivity index (χ1n) is 8.11. The molecule has 0 aromatic rings. The number of ether oxygens (including phenoxy) is 4. The second-order valence-electron chi connectivity index (χ2n) is 7.61. The maximum Gasteiger partial charge on any atom is 0.509 e. The van der Waals surface area contributed by atoms with Crippen molar-refractivity contribution in [1.82, 2.24) is 0 Å². The van der Waals surface area contributed by atoms with Crippen LogP contribution in [0.4, 0.5) is 4.79 Å². The number of alkyl halides is 1. The van der Waals surface area contributed by atoms with Gasteiger partial charge in [0.2, 0.25) is 0 Å². The van der Waals surface area contributed by atoms with E-state index in [1.165, 1.54) is 0 Å². The maximum absolute atomic E-state index is 11.9. The van der Waals surface area contributed by atoms with E-state index in [2.05, 4.69) is 4.74 Å². The molecule has 0 aliphatic carbocycles. The summed E-state index contributed by atoms with van der Waals surface area (Å²) < 4.78 is 20.0. The molecule has 0 amide bonds. The van der Waals surface area contributed by atoms with Gasteiger partial charge in [0.25, 0.3) is 0 Å². The van der Waals surface area contributed by atoms with E-state index >= 15 is 0 Å². The number of carbonyl (C=O) groups excluding carboxylic acids is 3. The molecule has 0 N–H and O–H groups in total. The van der Waals surface area contributed by atoms with E-state index in [1.54, 1.807) is 48.5 Å². The molecule has 0 saturated heterocycles. The maximum atomic E-state index is 11.9. The SMILES string of the molecule is CCOC(=O)OC(Cl)C(COC(=O)C(C)(C)C)COC(=O)C(C)(C)C. The van der Waals surface area contributed by atoms with Crippen molar-refractivity contribution < 1.29 is 33.3 Å². The summed E-state index contributed by atoms with van der Waals surface area (Å²) in [5, 5.41) is 0. The Morgan fingerprint density at radius 2 is 1.24 bits per heavy atom. The average Bonchev–Trinajstić information content (AvgIpc) is 2.44. The Labute approximate surface area is 154 Å². The number of carbonyl (C=O) groups is 3. The molecule has 1 unspecified atom stereocenters. The van der Waals surface area contributed by atoms with Gasteiger partial charge in [-0.3, -0.25) is 9.59 Å². The van der Waals surface area contributed by atoms with Crippen molar-refractivity contribution in [1.29, 1.82) is 0 Å². The van der Waals surface area contributed by atoms with Crippen LogP contribution in [0.25, 0.3) is 0 Å². The largest absolute Gasteiger partial charge is 0.509 e. The molecule has 0 aromatic heterocycles. The molecule has 8 heteroatoms. The molecule has 0 aliphatic rings. The molecule has 0 rings (SSSR count). The minimum atomic E-state index is -1.18. The first-order valence-corrected chi connectivity index (χ1v) is 8.54. The molecule has 0 heterocycles. The van der Waals surface area contributed by atoms with Gasteiger partial charge < -0.3 is 18.9 Å². The van der Waals surface area contributed by atoms with E-state index in [1.807, 2.05) is 0 Å². The van der Waals surface area contributed by atoms with Crippen LogP contribution in [-0.4, -0.2) is 43.5 Å². The van der Waals surface area contributed by atoms with Gasteiger partial charge in [-0.1, -0.05) is 11.6 Å². The lowest BCUT2D eigenvalue weighted by Crippen LogP contribution is -2.35. The predicted octanol–water partition coefficient (Wildman–Crippen LogP) is 3.52. The van der Waals surface area contributed by atoms with Gasteiger partial charge in [0.05, 0.1) is 23.4 Å². The Balaban J connectivity index is 4.88.